The molecule has 1 aromatic carbocycles. The van der Waals surface area contributed by atoms with Crippen molar-refractivity contribution in [2.75, 3.05) is 13.2 Å². The van der Waals surface area contributed by atoms with Crippen molar-refractivity contribution in [3.05, 3.63) is 39.9 Å². The van der Waals surface area contributed by atoms with Crippen LogP contribution in [0, 0.1) is 10.1 Å². The number of nitro groups is 1. The Bertz CT molecular complexity index is 555. The summed E-state index contributed by atoms with van der Waals surface area (Å²) in [5.74, 6) is -3.93. The standard InChI is InChI=1S/C14H17F3N2O4/c1-2-3-7-23-13(20)18-9-14(16,17)12(15)10-5-4-6-11(8-10)19(21)22/h4-6,8,12H,2-3,7,9H2,1H3,(H,18,20). The molecule has 6 nitrogen and oxygen atoms in total. The molecular formula is C14H17F3N2O4. The summed E-state index contributed by atoms with van der Waals surface area (Å²) in [6.07, 6.45) is -2.51. The van der Waals surface area contributed by atoms with E-state index in [1.165, 1.54) is 0 Å². The van der Waals surface area contributed by atoms with Crippen LogP contribution in [0.25, 0.3) is 0 Å². The number of carbonyl (C=O) groups is 1. The number of hydrogen-bond acceptors (Lipinski definition) is 4. The zero-order chi connectivity index (χ0) is 17.5. The molecule has 128 valence electrons. The Hall–Kier alpha value is -2.32. The Morgan fingerprint density at radius 2 is 2.17 bits per heavy atom. The number of halogens is 3. The van der Waals surface area contributed by atoms with Crippen molar-refractivity contribution in [3.8, 4) is 0 Å². The zero-order valence-corrected chi connectivity index (χ0v) is 12.4. The molecule has 1 amide bonds. The molecule has 9 heteroatoms. The number of alkyl halides is 3. The number of rotatable bonds is 8. The van der Waals surface area contributed by atoms with Crippen LogP contribution in [0.2, 0.25) is 0 Å². The fraction of sp³-hybridized carbons (Fsp3) is 0.500. The predicted octanol–water partition coefficient (Wildman–Crippen LogP) is 3.77. The molecule has 1 N–H and O–H groups in total. The van der Waals surface area contributed by atoms with E-state index in [2.05, 4.69) is 4.74 Å². The van der Waals surface area contributed by atoms with Crippen LogP contribution in [0.3, 0.4) is 0 Å². The van der Waals surface area contributed by atoms with E-state index in [1.807, 2.05) is 6.92 Å². The lowest BCUT2D eigenvalue weighted by atomic mass is 10.0. The average Bonchev–Trinajstić information content (AvgIpc) is 2.52. The maximum atomic E-state index is 13.9. The molecule has 0 aliphatic carbocycles. The number of non-ortho nitro benzene ring substituents is 1. The van der Waals surface area contributed by atoms with Crippen molar-refractivity contribution in [2.45, 2.75) is 31.9 Å². The molecule has 0 saturated carbocycles. The van der Waals surface area contributed by atoms with Crippen LogP contribution in [-0.4, -0.2) is 30.1 Å². The van der Waals surface area contributed by atoms with E-state index in [0.29, 0.717) is 6.42 Å². The summed E-state index contributed by atoms with van der Waals surface area (Å²) >= 11 is 0. The second-order valence-electron chi connectivity index (χ2n) is 4.82. The number of alkyl carbamates (subject to hydrolysis) is 1. The second kappa shape index (κ2) is 8.35. The van der Waals surface area contributed by atoms with Gasteiger partial charge >= 0.3 is 6.09 Å². The van der Waals surface area contributed by atoms with Gasteiger partial charge in [-0.2, -0.15) is 0 Å². The van der Waals surface area contributed by atoms with E-state index in [0.717, 1.165) is 30.7 Å². The van der Waals surface area contributed by atoms with Crippen molar-refractivity contribution in [2.24, 2.45) is 0 Å². The lowest BCUT2D eigenvalue weighted by Crippen LogP contribution is -2.39. The highest BCUT2D eigenvalue weighted by Crippen LogP contribution is 2.35. The quantitative estimate of drug-likeness (QED) is 0.446. The highest BCUT2D eigenvalue weighted by Gasteiger charge is 2.42. The normalized spacial score (nSPS) is 12.5. The van der Waals surface area contributed by atoms with Crippen LogP contribution >= 0.6 is 0 Å². The molecule has 0 saturated heterocycles. The molecule has 1 aromatic rings. The molecular weight excluding hydrogens is 317 g/mol. The SMILES string of the molecule is CCCCOC(=O)NCC(F)(F)C(F)c1cccc([N+](=O)[O-])c1. The molecule has 1 rings (SSSR count). The monoisotopic (exact) mass is 334 g/mol. The number of amides is 1. The number of nitro benzene ring substituents is 1. The number of carbonyl (C=O) groups excluding carboxylic acids is 1. The van der Waals surface area contributed by atoms with E-state index < -0.39 is 40.9 Å². The predicted molar refractivity (Wildman–Crippen MR) is 76.2 cm³/mol. The maximum absolute atomic E-state index is 13.9. The van der Waals surface area contributed by atoms with Crippen molar-refractivity contribution >= 4 is 11.8 Å². The number of benzene rings is 1. The van der Waals surface area contributed by atoms with Gasteiger partial charge in [-0.15, -0.1) is 0 Å². The lowest BCUT2D eigenvalue weighted by molar-refractivity contribution is -0.385. The molecule has 0 aromatic heterocycles. The highest BCUT2D eigenvalue weighted by molar-refractivity contribution is 5.67. The fourth-order valence-electron chi connectivity index (χ4n) is 1.68. The third-order valence-corrected chi connectivity index (χ3v) is 2.94. The van der Waals surface area contributed by atoms with Gasteiger partial charge in [0.25, 0.3) is 11.6 Å². The molecule has 1 unspecified atom stereocenters. The zero-order valence-electron chi connectivity index (χ0n) is 12.4. The minimum atomic E-state index is -3.93. The number of hydrogen-bond donors (Lipinski definition) is 1. The first-order chi connectivity index (χ1) is 10.8. The van der Waals surface area contributed by atoms with E-state index >= 15 is 0 Å². The van der Waals surface area contributed by atoms with E-state index in [-0.39, 0.29) is 6.61 Å². The Labute approximate surface area is 130 Å². The van der Waals surface area contributed by atoms with Crippen LogP contribution in [0.15, 0.2) is 24.3 Å². The van der Waals surface area contributed by atoms with Crippen molar-refractivity contribution < 1.29 is 27.6 Å². The highest BCUT2D eigenvalue weighted by atomic mass is 19.3. The Kier molecular flexibility index (Phi) is 6.80. The molecule has 0 heterocycles. The van der Waals surface area contributed by atoms with Gasteiger partial charge in [0.15, 0.2) is 6.17 Å². The fourth-order valence-corrected chi connectivity index (χ4v) is 1.68. The minimum Gasteiger partial charge on any atom is -0.450 e. The number of ether oxygens (including phenoxy) is 1. The van der Waals surface area contributed by atoms with Crippen LogP contribution < -0.4 is 5.32 Å². The van der Waals surface area contributed by atoms with Gasteiger partial charge in [-0.25, -0.2) is 18.0 Å². The first-order valence-electron chi connectivity index (χ1n) is 6.94. The Morgan fingerprint density at radius 3 is 2.78 bits per heavy atom. The number of unbranched alkanes of at least 4 members (excludes halogenated alkanes) is 1. The van der Waals surface area contributed by atoms with Gasteiger partial charge in [-0.1, -0.05) is 25.5 Å². The largest absolute Gasteiger partial charge is 0.450 e. The summed E-state index contributed by atoms with van der Waals surface area (Å²) in [7, 11) is 0. The van der Waals surface area contributed by atoms with Crippen LogP contribution in [0.4, 0.5) is 23.7 Å². The van der Waals surface area contributed by atoms with Gasteiger partial charge in [0.1, 0.15) is 0 Å². The Balaban J connectivity index is 2.66. The molecule has 0 bridgehead atoms. The van der Waals surface area contributed by atoms with Gasteiger partial charge in [-0.05, 0) is 12.0 Å². The summed E-state index contributed by atoms with van der Waals surface area (Å²) in [6.45, 7) is 0.668. The first-order valence-corrected chi connectivity index (χ1v) is 6.94. The molecule has 0 spiro atoms. The summed E-state index contributed by atoms with van der Waals surface area (Å²) in [5, 5.41) is 12.4. The van der Waals surface area contributed by atoms with Gasteiger partial charge < -0.3 is 10.1 Å². The lowest BCUT2D eigenvalue weighted by Gasteiger charge is -2.21. The molecule has 23 heavy (non-hydrogen) atoms. The van der Waals surface area contributed by atoms with E-state index in [4.69, 9.17) is 0 Å². The Morgan fingerprint density at radius 1 is 1.48 bits per heavy atom. The van der Waals surface area contributed by atoms with Crippen molar-refractivity contribution in [1.82, 2.24) is 5.32 Å². The molecule has 1 atom stereocenters. The third kappa shape index (κ3) is 5.76. The molecule has 0 aliphatic heterocycles. The molecule has 0 aliphatic rings. The van der Waals surface area contributed by atoms with Gasteiger partial charge in [0, 0.05) is 12.1 Å². The third-order valence-electron chi connectivity index (χ3n) is 2.94. The van der Waals surface area contributed by atoms with Gasteiger partial charge in [0.2, 0.25) is 0 Å². The van der Waals surface area contributed by atoms with E-state index in [1.54, 1.807) is 5.32 Å². The topological polar surface area (TPSA) is 81.5 Å². The smallest absolute Gasteiger partial charge is 0.407 e. The number of nitrogens with zero attached hydrogens (tertiary/aromatic N) is 1. The summed E-state index contributed by atoms with van der Waals surface area (Å²) in [4.78, 5) is 21.0. The first kappa shape index (κ1) is 18.7. The van der Waals surface area contributed by atoms with Gasteiger partial charge in [0.05, 0.1) is 18.1 Å². The average molecular weight is 334 g/mol. The van der Waals surface area contributed by atoms with Gasteiger partial charge in [-0.3, -0.25) is 10.1 Å². The molecule has 0 fully saturated rings. The van der Waals surface area contributed by atoms with Crippen LogP contribution in [0.1, 0.15) is 31.5 Å². The molecule has 0 radical (unpaired) electrons. The number of nitrogens with one attached hydrogen (secondary N) is 1. The summed E-state index contributed by atoms with van der Waals surface area (Å²) in [6, 6.07) is 3.93. The van der Waals surface area contributed by atoms with Crippen molar-refractivity contribution in [3.63, 3.8) is 0 Å². The summed E-state index contributed by atoms with van der Waals surface area (Å²) < 4.78 is 46.1. The van der Waals surface area contributed by atoms with Crippen LogP contribution in [-0.2, 0) is 4.74 Å². The summed E-state index contributed by atoms with van der Waals surface area (Å²) in [5.41, 5.74) is -1.03. The van der Waals surface area contributed by atoms with Crippen LogP contribution in [0.5, 0.6) is 0 Å². The van der Waals surface area contributed by atoms with E-state index in [9.17, 15) is 28.1 Å². The minimum absolute atomic E-state index is 0.0812. The second-order valence-corrected chi connectivity index (χ2v) is 4.82. The van der Waals surface area contributed by atoms with Crippen molar-refractivity contribution in [1.29, 1.82) is 0 Å². The maximum Gasteiger partial charge on any atom is 0.407 e.